The standard InChI is InChI=1S/C24H21N3O3/c1-16-6-10-19(11-7-16)25-22-15-23(18-4-3-5-21(14-18)27(29)30)26(24(22)28)20-12-8-17(2)9-13-20/h3-15,23,25H,1-2H3. The van der Waals surface area contributed by atoms with Gasteiger partial charge in [0.05, 0.1) is 11.0 Å². The number of nitro groups is 1. The maximum absolute atomic E-state index is 13.3. The van der Waals surface area contributed by atoms with Crippen LogP contribution in [0.3, 0.4) is 0 Å². The molecule has 1 atom stereocenters. The van der Waals surface area contributed by atoms with Crippen molar-refractivity contribution in [1.82, 2.24) is 0 Å². The van der Waals surface area contributed by atoms with Gasteiger partial charge in [-0.1, -0.05) is 47.5 Å². The number of rotatable bonds is 5. The molecule has 1 unspecified atom stereocenters. The number of carbonyl (C=O) groups excluding carboxylic acids is 1. The second kappa shape index (κ2) is 7.83. The maximum atomic E-state index is 13.3. The van der Waals surface area contributed by atoms with Crippen molar-refractivity contribution >= 4 is 23.0 Å². The van der Waals surface area contributed by atoms with Crippen LogP contribution in [0.5, 0.6) is 0 Å². The monoisotopic (exact) mass is 399 g/mol. The van der Waals surface area contributed by atoms with Crippen molar-refractivity contribution in [2.75, 3.05) is 10.2 Å². The average Bonchev–Trinajstić information content (AvgIpc) is 3.06. The number of hydrogen-bond acceptors (Lipinski definition) is 4. The summed E-state index contributed by atoms with van der Waals surface area (Å²) in [4.78, 5) is 25.8. The molecule has 6 heteroatoms. The summed E-state index contributed by atoms with van der Waals surface area (Å²) in [6.07, 6.45) is 1.82. The van der Waals surface area contributed by atoms with Gasteiger partial charge in [-0.15, -0.1) is 0 Å². The highest BCUT2D eigenvalue weighted by molar-refractivity contribution is 6.11. The molecule has 0 bridgehead atoms. The minimum atomic E-state index is -0.451. The number of non-ortho nitro benzene ring substituents is 1. The zero-order valence-corrected chi connectivity index (χ0v) is 16.7. The molecule has 0 saturated heterocycles. The SMILES string of the molecule is Cc1ccc(NC2=CC(c3cccc([N+](=O)[O-])c3)N(c3ccc(C)cc3)C2=O)cc1. The second-order valence-corrected chi connectivity index (χ2v) is 7.38. The number of anilines is 2. The first kappa shape index (κ1) is 19.4. The summed E-state index contributed by atoms with van der Waals surface area (Å²) in [5.41, 5.74) is 4.88. The Morgan fingerprint density at radius 2 is 1.57 bits per heavy atom. The lowest BCUT2D eigenvalue weighted by Gasteiger charge is -2.25. The van der Waals surface area contributed by atoms with Crippen LogP contribution in [0, 0.1) is 24.0 Å². The van der Waals surface area contributed by atoms with Gasteiger partial charge in [-0.2, -0.15) is 0 Å². The number of amides is 1. The molecular weight excluding hydrogens is 378 g/mol. The number of benzene rings is 3. The molecule has 3 aromatic carbocycles. The fourth-order valence-electron chi connectivity index (χ4n) is 3.50. The van der Waals surface area contributed by atoms with E-state index >= 15 is 0 Å². The molecule has 3 aromatic rings. The smallest absolute Gasteiger partial charge is 0.275 e. The molecule has 6 nitrogen and oxygen atoms in total. The Kier molecular flexibility index (Phi) is 5.06. The Morgan fingerprint density at radius 1 is 0.933 bits per heavy atom. The summed E-state index contributed by atoms with van der Waals surface area (Å²) in [5.74, 6) is -0.184. The van der Waals surface area contributed by atoms with Crippen LogP contribution in [0.15, 0.2) is 84.6 Å². The first-order valence-corrected chi connectivity index (χ1v) is 9.62. The predicted octanol–water partition coefficient (Wildman–Crippen LogP) is 5.30. The number of carbonyl (C=O) groups is 1. The van der Waals surface area contributed by atoms with Crippen molar-refractivity contribution in [2.45, 2.75) is 19.9 Å². The van der Waals surface area contributed by atoms with Crippen LogP contribution in [0.1, 0.15) is 22.7 Å². The van der Waals surface area contributed by atoms with Gasteiger partial charge >= 0.3 is 0 Å². The topological polar surface area (TPSA) is 75.5 Å². The van der Waals surface area contributed by atoms with Crippen molar-refractivity contribution in [3.05, 3.63) is 111 Å². The summed E-state index contributed by atoms with van der Waals surface area (Å²) in [7, 11) is 0. The van der Waals surface area contributed by atoms with Crippen LogP contribution in [0.2, 0.25) is 0 Å². The molecule has 0 aromatic heterocycles. The van der Waals surface area contributed by atoms with Crippen molar-refractivity contribution in [2.24, 2.45) is 0 Å². The molecule has 0 radical (unpaired) electrons. The highest BCUT2D eigenvalue weighted by Gasteiger charge is 2.35. The lowest BCUT2D eigenvalue weighted by Crippen LogP contribution is -2.30. The molecule has 0 spiro atoms. The highest BCUT2D eigenvalue weighted by Crippen LogP contribution is 2.37. The fraction of sp³-hybridized carbons (Fsp3) is 0.125. The molecule has 0 aliphatic carbocycles. The summed E-state index contributed by atoms with van der Waals surface area (Å²) in [5, 5.41) is 14.5. The van der Waals surface area contributed by atoms with Gasteiger partial charge in [0.25, 0.3) is 11.6 Å². The Hall–Kier alpha value is -3.93. The lowest BCUT2D eigenvalue weighted by molar-refractivity contribution is -0.384. The molecule has 1 N–H and O–H groups in total. The van der Waals surface area contributed by atoms with Crippen LogP contribution in [-0.4, -0.2) is 10.8 Å². The summed E-state index contributed by atoms with van der Waals surface area (Å²) >= 11 is 0. The number of nitrogens with one attached hydrogen (secondary N) is 1. The Bertz CT molecular complexity index is 1140. The van der Waals surface area contributed by atoms with Gasteiger partial charge in [0.1, 0.15) is 5.70 Å². The first-order chi connectivity index (χ1) is 14.4. The van der Waals surface area contributed by atoms with Gasteiger partial charge < -0.3 is 5.32 Å². The van der Waals surface area contributed by atoms with Gasteiger partial charge in [0.15, 0.2) is 0 Å². The van der Waals surface area contributed by atoms with E-state index in [-0.39, 0.29) is 11.6 Å². The van der Waals surface area contributed by atoms with E-state index in [1.54, 1.807) is 17.0 Å². The molecule has 0 saturated carbocycles. The van der Waals surface area contributed by atoms with Crippen LogP contribution in [-0.2, 0) is 4.79 Å². The number of aryl methyl sites for hydroxylation is 2. The largest absolute Gasteiger partial charge is 0.351 e. The minimum absolute atomic E-state index is 0.00264. The van der Waals surface area contributed by atoms with E-state index in [1.807, 2.05) is 68.5 Å². The van der Waals surface area contributed by atoms with Gasteiger partial charge in [-0.05, 0) is 49.8 Å². The summed E-state index contributed by atoms with van der Waals surface area (Å²) < 4.78 is 0. The molecule has 0 fully saturated rings. The van der Waals surface area contributed by atoms with E-state index < -0.39 is 11.0 Å². The van der Waals surface area contributed by atoms with Crippen molar-refractivity contribution in [3.8, 4) is 0 Å². The zero-order chi connectivity index (χ0) is 21.3. The van der Waals surface area contributed by atoms with Gasteiger partial charge in [0, 0.05) is 23.5 Å². The minimum Gasteiger partial charge on any atom is -0.351 e. The predicted molar refractivity (Wildman–Crippen MR) is 117 cm³/mol. The maximum Gasteiger partial charge on any atom is 0.275 e. The Balaban J connectivity index is 1.75. The zero-order valence-electron chi connectivity index (χ0n) is 16.7. The van der Waals surface area contributed by atoms with Crippen molar-refractivity contribution < 1.29 is 9.72 Å². The van der Waals surface area contributed by atoms with E-state index in [0.717, 1.165) is 22.5 Å². The van der Waals surface area contributed by atoms with Crippen molar-refractivity contribution in [1.29, 1.82) is 0 Å². The Labute approximate surface area is 174 Å². The average molecular weight is 399 g/mol. The first-order valence-electron chi connectivity index (χ1n) is 9.62. The molecule has 150 valence electrons. The van der Waals surface area contributed by atoms with Crippen molar-refractivity contribution in [3.63, 3.8) is 0 Å². The fourth-order valence-corrected chi connectivity index (χ4v) is 3.50. The molecule has 1 aliphatic rings. The third-order valence-corrected chi connectivity index (χ3v) is 5.12. The van der Waals surface area contributed by atoms with E-state index in [0.29, 0.717) is 11.3 Å². The summed E-state index contributed by atoms with van der Waals surface area (Å²) in [6.45, 7) is 3.98. The molecule has 30 heavy (non-hydrogen) atoms. The van der Waals surface area contributed by atoms with E-state index in [1.165, 1.54) is 12.1 Å². The third-order valence-electron chi connectivity index (χ3n) is 5.12. The second-order valence-electron chi connectivity index (χ2n) is 7.38. The van der Waals surface area contributed by atoms with E-state index in [4.69, 9.17) is 0 Å². The molecule has 1 heterocycles. The normalized spacial score (nSPS) is 15.8. The van der Waals surface area contributed by atoms with E-state index in [2.05, 4.69) is 5.32 Å². The number of nitrogens with zero attached hydrogens (tertiary/aromatic N) is 2. The third kappa shape index (κ3) is 3.80. The van der Waals surface area contributed by atoms with Gasteiger partial charge in [-0.25, -0.2) is 0 Å². The number of nitro benzene ring substituents is 1. The number of hydrogen-bond donors (Lipinski definition) is 1. The quantitative estimate of drug-likeness (QED) is 0.467. The van der Waals surface area contributed by atoms with Crippen LogP contribution in [0.4, 0.5) is 17.1 Å². The molecular formula is C24H21N3O3. The van der Waals surface area contributed by atoms with Gasteiger partial charge in [0.2, 0.25) is 0 Å². The summed E-state index contributed by atoms with van der Waals surface area (Å²) in [6, 6.07) is 21.4. The molecule has 4 rings (SSSR count). The molecule has 1 amide bonds. The van der Waals surface area contributed by atoms with Crippen LogP contribution < -0.4 is 10.2 Å². The molecule has 1 aliphatic heterocycles. The van der Waals surface area contributed by atoms with E-state index in [9.17, 15) is 14.9 Å². The van der Waals surface area contributed by atoms with Crippen LogP contribution in [0.25, 0.3) is 0 Å². The van der Waals surface area contributed by atoms with Crippen LogP contribution >= 0.6 is 0 Å². The van der Waals surface area contributed by atoms with Gasteiger partial charge in [-0.3, -0.25) is 19.8 Å². The lowest BCUT2D eigenvalue weighted by atomic mass is 10.0. The Morgan fingerprint density at radius 3 is 2.20 bits per heavy atom. The highest BCUT2D eigenvalue weighted by atomic mass is 16.6.